The van der Waals surface area contributed by atoms with Gasteiger partial charge in [0.15, 0.2) is 11.5 Å². The first-order chi connectivity index (χ1) is 16.6. The number of aliphatic imine (C=N–C) groups is 1. The Balaban J connectivity index is 1.53. The van der Waals surface area contributed by atoms with E-state index in [0.717, 1.165) is 46.7 Å². The van der Waals surface area contributed by atoms with Gasteiger partial charge in [0.1, 0.15) is 11.4 Å². The number of nitrogens with zero attached hydrogens (tertiary/aromatic N) is 1. The van der Waals surface area contributed by atoms with Crippen molar-refractivity contribution in [3.8, 4) is 17.2 Å². The molecule has 0 atom stereocenters. The summed E-state index contributed by atoms with van der Waals surface area (Å²) < 4.78 is 17.4. The van der Waals surface area contributed by atoms with Crippen LogP contribution in [-0.2, 0) is 12.8 Å². The Hall–Kier alpha value is -3.80. The molecule has 0 saturated heterocycles. The molecule has 2 heterocycles. The minimum atomic E-state index is -0.541. The predicted molar refractivity (Wildman–Crippen MR) is 137 cm³/mol. The Morgan fingerprint density at radius 2 is 1.77 bits per heavy atom. The lowest BCUT2D eigenvalue weighted by molar-refractivity contribution is 0.134. The first-order valence-corrected chi connectivity index (χ1v) is 11.8. The molecule has 0 spiro atoms. The van der Waals surface area contributed by atoms with Gasteiger partial charge in [0.2, 0.25) is 0 Å². The predicted octanol–water partition coefficient (Wildman–Crippen LogP) is 6.19. The SMILES string of the molecule is COc1cc2c(c3c1OC(C)(C)C3)C(c1cccc(NC(=O)Oc3ccccc3)c1)=NC(C)(C)C2. The number of hydrogen-bond donors (Lipinski definition) is 1. The number of fused-ring (bicyclic) bond motifs is 3. The number of carbonyl (C=O) groups is 1. The highest BCUT2D eigenvalue weighted by atomic mass is 16.6. The van der Waals surface area contributed by atoms with Crippen LogP contribution in [0.4, 0.5) is 10.5 Å². The largest absolute Gasteiger partial charge is 0.493 e. The molecule has 1 amide bonds. The second-order valence-electron chi connectivity index (χ2n) is 10.3. The highest BCUT2D eigenvalue weighted by Crippen LogP contribution is 2.47. The summed E-state index contributed by atoms with van der Waals surface area (Å²) in [6.45, 7) is 8.45. The molecule has 2 aliphatic heterocycles. The lowest BCUT2D eigenvalue weighted by Gasteiger charge is -2.31. The van der Waals surface area contributed by atoms with Gasteiger partial charge in [-0.1, -0.05) is 30.3 Å². The average Bonchev–Trinajstić information content (AvgIpc) is 3.12. The summed E-state index contributed by atoms with van der Waals surface area (Å²) in [5.74, 6) is 2.05. The molecular weight excluding hydrogens is 440 g/mol. The van der Waals surface area contributed by atoms with Gasteiger partial charge < -0.3 is 14.2 Å². The Morgan fingerprint density at radius 1 is 1.00 bits per heavy atom. The molecule has 0 aromatic heterocycles. The summed E-state index contributed by atoms with van der Waals surface area (Å²) in [7, 11) is 1.68. The van der Waals surface area contributed by atoms with Crippen LogP contribution in [-0.4, -0.2) is 30.1 Å². The molecule has 3 aromatic carbocycles. The monoisotopic (exact) mass is 470 g/mol. The van der Waals surface area contributed by atoms with Crippen LogP contribution in [0.3, 0.4) is 0 Å². The number of amides is 1. The van der Waals surface area contributed by atoms with E-state index in [-0.39, 0.29) is 11.1 Å². The maximum Gasteiger partial charge on any atom is 0.417 e. The molecule has 6 heteroatoms. The molecule has 0 fully saturated rings. The standard InChI is InChI=1S/C29H30N2O4/c1-28(2)16-19-15-23(33-5)26-22(17-29(3,4)35-26)24(19)25(31-28)18-10-9-11-20(14-18)30-27(32)34-21-12-7-6-8-13-21/h6-15H,16-17H2,1-5H3,(H,30,32). The number of hydrogen-bond acceptors (Lipinski definition) is 5. The molecule has 0 saturated carbocycles. The normalized spacial score (nSPS) is 16.9. The van der Waals surface area contributed by atoms with Crippen LogP contribution >= 0.6 is 0 Å². The van der Waals surface area contributed by atoms with E-state index in [2.05, 4.69) is 39.1 Å². The van der Waals surface area contributed by atoms with Crippen molar-refractivity contribution in [2.75, 3.05) is 12.4 Å². The van der Waals surface area contributed by atoms with Crippen molar-refractivity contribution in [2.45, 2.75) is 51.7 Å². The zero-order valence-corrected chi connectivity index (χ0v) is 20.8. The van der Waals surface area contributed by atoms with Crippen LogP contribution in [0.15, 0.2) is 65.7 Å². The van der Waals surface area contributed by atoms with Crippen molar-refractivity contribution in [1.82, 2.24) is 0 Å². The number of rotatable bonds is 4. The van der Waals surface area contributed by atoms with Gasteiger partial charge in [-0.25, -0.2) is 4.79 Å². The van der Waals surface area contributed by atoms with Gasteiger partial charge in [0.25, 0.3) is 0 Å². The Morgan fingerprint density at radius 3 is 2.51 bits per heavy atom. The van der Waals surface area contributed by atoms with Crippen LogP contribution in [0, 0.1) is 0 Å². The van der Waals surface area contributed by atoms with Gasteiger partial charge in [0.05, 0.1) is 18.4 Å². The maximum absolute atomic E-state index is 12.5. The fraction of sp³-hybridized carbons (Fsp3) is 0.310. The van der Waals surface area contributed by atoms with E-state index >= 15 is 0 Å². The van der Waals surface area contributed by atoms with Gasteiger partial charge in [-0.05, 0) is 70.0 Å². The summed E-state index contributed by atoms with van der Waals surface area (Å²) in [5.41, 5.74) is 5.27. The zero-order valence-electron chi connectivity index (χ0n) is 20.8. The molecule has 5 rings (SSSR count). The molecule has 0 bridgehead atoms. The second kappa shape index (κ2) is 8.45. The Kier molecular flexibility index (Phi) is 5.55. The van der Waals surface area contributed by atoms with Crippen LogP contribution in [0.25, 0.3) is 0 Å². The van der Waals surface area contributed by atoms with E-state index in [9.17, 15) is 4.79 Å². The summed E-state index contributed by atoms with van der Waals surface area (Å²) in [4.78, 5) is 17.6. The van der Waals surface area contributed by atoms with Gasteiger partial charge in [-0.2, -0.15) is 0 Å². The number of benzene rings is 3. The lowest BCUT2D eigenvalue weighted by atomic mass is 9.81. The van der Waals surface area contributed by atoms with Crippen LogP contribution in [0.1, 0.15) is 49.9 Å². The number of anilines is 1. The lowest BCUT2D eigenvalue weighted by Crippen LogP contribution is -2.30. The number of methoxy groups -OCH3 is 1. The maximum atomic E-state index is 12.5. The molecule has 1 N–H and O–H groups in total. The third-order valence-corrected chi connectivity index (χ3v) is 6.24. The third kappa shape index (κ3) is 4.61. The molecular formula is C29H30N2O4. The Labute approximate surface area is 205 Å². The van der Waals surface area contributed by atoms with Crippen molar-refractivity contribution in [2.24, 2.45) is 4.99 Å². The second-order valence-corrected chi connectivity index (χ2v) is 10.3. The van der Waals surface area contributed by atoms with E-state index in [0.29, 0.717) is 11.4 Å². The molecule has 180 valence electrons. The number of carbonyl (C=O) groups excluding carboxylic acids is 1. The van der Waals surface area contributed by atoms with Crippen molar-refractivity contribution in [3.63, 3.8) is 0 Å². The zero-order chi connectivity index (χ0) is 24.8. The summed E-state index contributed by atoms with van der Waals surface area (Å²) in [6, 6.07) is 18.8. The van der Waals surface area contributed by atoms with E-state index in [4.69, 9.17) is 19.2 Å². The van der Waals surface area contributed by atoms with E-state index in [1.54, 1.807) is 19.2 Å². The summed E-state index contributed by atoms with van der Waals surface area (Å²) >= 11 is 0. The van der Waals surface area contributed by atoms with E-state index in [1.165, 1.54) is 5.56 Å². The van der Waals surface area contributed by atoms with E-state index in [1.807, 2.05) is 42.5 Å². The van der Waals surface area contributed by atoms with Gasteiger partial charge >= 0.3 is 6.09 Å². The van der Waals surface area contributed by atoms with Crippen LogP contribution in [0.5, 0.6) is 17.2 Å². The van der Waals surface area contributed by atoms with Crippen molar-refractivity contribution in [3.05, 3.63) is 82.9 Å². The summed E-state index contributed by atoms with van der Waals surface area (Å²) in [5, 5.41) is 2.84. The summed E-state index contributed by atoms with van der Waals surface area (Å²) in [6.07, 6.45) is 1.03. The highest BCUT2D eigenvalue weighted by Gasteiger charge is 2.39. The quantitative estimate of drug-likeness (QED) is 0.494. The fourth-order valence-electron chi connectivity index (χ4n) is 4.91. The third-order valence-electron chi connectivity index (χ3n) is 6.24. The molecule has 3 aromatic rings. The molecule has 0 radical (unpaired) electrons. The minimum Gasteiger partial charge on any atom is -0.493 e. The minimum absolute atomic E-state index is 0.285. The van der Waals surface area contributed by atoms with Gasteiger partial charge in [-0.3, -0.25) is 10.3 Å². The number of para-hydroxylation sites is 1. The Bertz CT molecular complexity index is 1330. The number of ether oxygens (including phenoxy) is 3. The topological polar surface area (TPSA) is 69.2 Å². The van der Waals surface area contributed by atoms with Crippen molar-refractivity contribution < 1.29 is 19.0 Å². The molecule has 0 unspecified atom stereocenters. The van der Waals surface area contributed by atoms with Crippen LogP contribution < -0.4 is 19.5 Å². The first-order valence-electron chi connectivity index (χ1n) is 11.8. The highest BCUT2D eigenvalue weighted by molar-refractivity contribution is 6.16. The number of nitrogens with one attached hydrogen (secondary N) is 1. The van der Waals surface area contributed by atoms with Crippen molar-refractivity contribution in [1.29, 1.82) is 0 Å². The first kappa shape index (κ1) is 23.0. The molecule has 2 aliphatic rings. The smallest absolute Gasteiger partial charge is 0.417 e. The molecule has 6 nitrogen and oxygen atoms in total. The van der Waals surface area contributed by atoms with E-state index < -0.39 is 6.09 Å². The molecule has 0 aliphatic carbocycles. The average molecular weight is 471 g/mol. The van der Waals surface area contributed by atoms with Gasteiger partial charge in [0, 0.05) is 28.8 Å². The van der Waals surface area contributed by atoms with Crippen LogP contribution in [0.2, 0.25) is 0 Å². The fourth-order valence-corrected chi connectivity index (χ4v) is 4.91. The van der Waals surface area contributed by atoms with Gasteiger partial charge in [-0.15, -0.1) is 0 Å². The van der Waals surface area contributed by atoms with Crippen molar-refractivity contribution >= 4 is 17.5 Å². The molecule has 35 heavy (non-hydrogen) atoms.